The summed E-state index contributed by atoms with van der Waals surface area (Å²) in [6.45, 7) is 1.90. The molecular weight excluding hydrogens is 222 g/mol. The fourth-order valence-corrected chi connectivity index (χ4v) is 1.38. The summed E-state index contributed by atoms with van der Waals surface area (Å²) in [5, 5.41) is 8.91. The van der Waals surface area contributed by atoms with E-state index in [1.165, 1.54) is 19.2 Å². The Morgan fingerprint density at radius 2 is 2.24 bits per heavy atom. The third-order valence-electron chi connectivity index (χ3n) is 2.08. The highest BCUT2D eigenvalue weighted by molar-refractivity contribution is 5.93. The summed E-state index contributed by atoms with van der Waals surface area (Å²) < 4.78 is 9.74. The molecule has 0 saturated carbocycles. The number of benzene rings is 1. The van der Waals surface area contributed by atoms with Gasteiger partial charge in [0.05, 0.1) is 30.4 Å². The number of ether oxygens (including phenoxy) is 2. The van der Waals surface area contributed by atoms with Gasteiger partial charge in [0, 0.05) is 0 Å². The summed E-state index contributed by atoms with van der Waals surface area (Å²) >= 11 is 0. The minimum absolute atomic E-state index is 0.125. The predicted molar refractivity (Wildman–Crippen MR) is 59.1 cm³/mol. The molecule has 1 aromatic rings. The third kappa shape index (κ3) is 2.61. The molecular formula is C12H11NO4. The van der Waals surface area contributed by atoms with E-state index in [-0.39, 0.29) is 29.0 Å². The quantitative estimate of drug-likeness (QED) is 0.582. The Morgan fingerprint density at radius 3 is 2.71 bits per heavy atom. The van der Waals surface area contributed by atoms with E-state index in [4.69, 9.17) is 14.7 Å². The van der Waals surface area contributed by atoms with Crippen molar-refractivity contribution in [2.24, 2.45) is 0 Å². The zero-order chi connectivity index (χ0) is 12.8. The molecule has 0 saturated heterocycles. The molecule has 5 heteroatoms. The van der Waals surface area contributed by atoms with Gasteiger partial charge in [0.25, 0.3) is 0 Å². The van der Waals surface area contributed by atoms with Crippen LogP contribution in [0.2, 0.25) is 0 Å². The average molecular weight is 233 g/mol. The van der Waals surface area contributed by atoms with Crippen molar-refractivity contribution in [2.45, 2.75) is 6.92 Å². The minimum Gasteiger partial charge on any atom is -0.495 e. The first-order chi connectivity index (χ1) is 8.17. The van der Waals surface area contributed by atoms with Crippen molar-refractivity contribution in [1.29, 1.82) is 5.26 Å². The zero-order valence-electron chi connectivity index (χ0n) is 9.52. The monoisotopic (exact) mass is 233 g/mol. The van der Waals surface area contributed by atoms with E-state index in [1.807, 2.05) is 6.07 Å². The number of nitriles is 1. The molecule has 0 heterocycles. The second-order valence-electron chi connectivity index (χ2n) is 3.10. The van der Waals surface area contributed by atoms with Gasteiger partial charge in [-0.3, -0.25) is 4.79 Å². The van der Waals surface area contributed by atoms with Gasteiger partial charge in [-0.05, 0) is 19.1 Å². The van der Waals surface area contributed by atoms with Crippen LogP contribution in [0.5, 0.6) is 5.75 Å². The van der Waals surface area contributed by atoms with Gasteiger partial charge in [0.2, 0.25) is 0 Å². The molecule has 88 valence electrons. The van der Waals surface area contributed by atoms with Crippen LogP contribution in [0.1, 0.15) is 33.2 Å². The highest BCUT2D eigenvalue weighted by Gasteiger charge is 2.15. The molecule has 0 aliphatic carbocycles. The topological polar surface area (TPSA) is 76.4 Å². The number of rotatable bonds is 4. The van der Waals surface area contributed by atoms with Crippen molar-refractivity contribution in [3.05, 3.63) is 28.8 Å². The summed E-state index contributed by atoms with van der Waals surface area (Å²) in [4.78, 5) is 22.3. The van der Waals surface area contributed by atoms with Crippen molar-refractivity contribution < 1.29 is 19.1 Å². The van der Waals surface area contributed by atoms with Crippen molar-refractivity contribution >= 4 is 12.3 Å². The molecule has 0 spiro atoms. The number of nitrogens with zero attached hydrogens (tertiary/aromatic N) is 1. The SMILES string of the molecule is CCOC(=O)c1cc(C#N)c(OC)c(C=O)c1. The molecule has 1 rings (SSSR count). The molecule has 0 atom stereocenters. The molecule has 17 heavy (non-hydrogen) atoms. The molecule has 5 nitrogen and oxygen atoms in total. The minimum atomic E-state index is -0.574. The van der Waals surface area contributed by atoms with Gasteiger partial charge in [-0.1, -0.05) is 0 Å². The Balaban J connectivity index is 3.33. The van der Waals surface area contributed by atoms with Gasteiger partial charge in [-0.15, -0.1) is 0 Å². The number of carbonyl (C=O) groups is 2. The largest absolute Gasteiger partial charge is 0.495 e. The van der Waals surface area contributed by atoms with Crippen LogP contribution in [-0.2, 0) is 4.74 Å². The van der Waals surface area contributed by atoms with Crippen LogP contribution in [0.3, 0.4) is 0 Å². The van der Waals surface area contributed by atoms with E-state index < -0.39 is 5.97 Å². The van der Waals surface area contributed by atoms with Crippen LogP contribution in [0.15, 0.2) is 12.1 Å². The van der Waals surface area contributed by atoms with Crippen LogP contribution in [0.25, 0.3) is 0 Å². The summed E-state index contributed by atoms with van der Waals surface area (Å²) in [6, 6.07) is 4.54. The number of methoxy groups -OCH3 is 1. The molecule has 0 bridgehead atoms. The molecule has 0 aromatic heterocycles. The van der Waals surface area contributed by atoms with Crippen molar-refractivity contribution in [3.8, 4) is 11.8 Å². The number of aldehydes is 1. The lowest BCUT2D eigenvalue weighted by Crippen LogP contribution is -2.07. The maximum Gasteiger partial charge on any atom is 0.338 e. The lowest BCUT2D eigenvalue weighted by molar-refractivity contribution is 0.0526. The maximum atomic E-state index is 11.5. The zero-order valence-corrected chi connectivity index (χ0v) is 9.52. The number of hydrogen-bond donors (Lipinski definition) is 0. The van der Waals surface area contributed by atoms with Crippen molar-refractivity contribution in [1.82, 2.24) is 0 Å². The second-order valence-corrected chi connectivity index (χ2v) is 3.10. The van der Waals surface area contributed by atoms with Gasteiger partial charge >= 0.3 is 5.97 Å². The molecule has 0 unspecified atom stereocenters. The molecule has 0 aliphatic rings. The third-order valence-corrected chi connectivity index (χ3v) is 2.08. The molecule has 1 aromatic carbocycles. The molecule has 0 fully saturated rings. The molecule has 0 aliphatic heterocycles. The fourth-order valence-electron chi connectivity index (χ4n) is 1.38. The van der Waals surface area contributed by atoms with Gasteiger partial charge in [-0.2, -0.15) is 5.26 Å². The second kappa shape index (κ2) is 5.66. The summed E-state index contributed by atoms with van der Waals surface area (Å²) in [5.74, 6) is -0.412. The lowest BCUT2D eigenvalue weighted by Gasteiger charge is -2.08. The lowest BCUT2D eigenvalue weighted by atomic mass is 10.1. The molecule has 0 N–H and O–H groups in total. The van der Waals surface area contributed by atoms with Crippen LogP contribution in [-0.4, -0.2) is 26.0 Å². The maximum absolute atomic E-state index is 11.5. The van der Waals surface area contributed by atoms with E-state index >= 15 is 0 Å². The van der Waals surface area contributed by atoms with E-state index in [0.717, 1.165) is 0 Å². The normalized spacial score (nSPS) is 9.24. The predicted octanol–water partition coefficient (Wildman–Crippen LogP) is 1.56. The van der Waals surface area contributed by atoms with E-state index in [0.29, 0.717) is 6.29 Å². The first kappa shape index (κ1) is 12.7. The van der Waals surface area contributed by atoms with Crippen LogP contribution in [0.4, 0.5) is 0 Å². The van der Waals surface area contributed by atoms with Gasteiger partial charge in [0.1, 0.15) is 11.8 Å². The Kier molecular flexibility index (Phi) is 4.23. The number of esters is 1. The van der Waals surface area contributed by atoms with Crippen LogP contribution < -0.4 is 4.74 Å². The van der Waals surface area contributed by atoms with Gasteiger partial charge < -0.3 is 9.47 Å². The Bertz CT molecular complexity index is 488. The summed E-state index contributed by atoms with van der Waals surface area (Å²) in [7, 11) is 1.35. The van der Waals surface area contributed by atoms with E-state index in [9.17, 15) is 9.59 Å². The highest BCUT2D eigenvalue weighted by atomic mass is 16.5. The van der Waals surface area contributed by atoms with Gasteiger partial charge in [-0.25, -0.2) is 4.79 Å². The highest BCUT2D eigenvalue weighted by Crippen LogP contribution is 2.24. The van der Waals surface area contributed by atoms with Crippen LogP contribution >= 0.6 is 0 Å². The molecule has 0 radical (unpaired) electrons. The Labute approximate surface area is 98.6 Å². The van der Waals surface area contributed by atoms with Crippen molar-refractivity contribution in [3.63, 3.8) is 0 Å². The Hall–Kier alpha value is -2.35. The van der Waals surface area contributed by atoms with E-state index in [2.05, 4.69) is 0 Å². The summed E-state index contributed by atoms with van der Waals surface area (Å²) in [5.41, 5.74) is 0.432. The average Bonchev–Trinajstić information content (AvgIpc) is 2.37. The first-order valence-corrected chi connectivity index (χ1v) is 4.92. The Morgan fingerprint density at radius 1 is 1.53 bits per heavy atom. The molecule has 0 amide bonds. The smallest absolute Gasteiger partial charge is 0.338 e. The van der Waals surface area contributed by atoms with E-state index in [1.54, 1.807) is 6.92 Å². The number of carbonyl (C=O) groups excluding carboxylic acids is 2. The summed E-state index contributed by atoms with van der Waals surface area (Å²) in [6.07, 6.45) is 0.530. The first-order valence-electron chi connectivity index (χ1n) is 4.92. The van der Waals surface area contributed by atoms with Crippen molar-refractivity contribution in [2.75, 3.05) is 13.7 Å². The van der Waals surface area contributed by atoms with Gasteiger partial charge in [0.15, 0.2) is 6.29 Å². The number of hydrogen-bond acceptors (Lipinski definition) is 5. The standard InChI is InChI=1S/C12H11NO4/c1-3-17-12(15)8-4-9(6-13)11(16-2)10(5-8)7-14/h4-5,7H,3H2,1-2H3. The van der Waals surface area contributed by atoms with Crippen LogP contribution in [0, 0.1) is 11.3 Å². The fraction of sp³-hybridized carbons (Fsp3) is 0.250.